The molecule has 2 heterocycles. The van der Waals surface area contributed by atoms with Gasteiger partial charge in [-0.15, -0.1) is 0 Å². The Hall–Kier alpha value is -3.24. The van der Waals surface area contributed by atoms with E-state index >= 15 is 0 Å². The summed E-state index contributed by atoms with van der Waals surface area (Å²) < 4.78 is 29.0. The minimum atomic E-state index is -3.91. The molecule has 9 nitrogen and oxygen atoms in total. The van der Waals surface area contributed by atoms with Crippen molar-refractivity contribution >= 4 is 16.0 Å². The number of pyridine rings is 1. The van der Waals surface area contributed by atoms with Gasteiger partial charge < -0.3 is 5.11 Å². The highest BCUT2D eigenvalue weighted by molar-refractivity contribution is 7.89. The molecule has 4 rings (SSSR count). The van der Waals surface area contributed by atoms with Crippen molar-refractivity contribution in [1.82, 2.24) is 19.5 Å². The number of aliphatic carboxylic acids is 1. The Bertz CT molecular complexity index is 1310. The predicted molar refractivity (Wildman–Crippen MR) is 122 cm³/mol. The van der Waals surface area contributed by atoms with Crippen LogP contribution in [0, 0.1) is 0 Å². The number of sulfonamides is 1. The van der Waals surface area contributed by atoms with Crippen molar-refractivity contribution in [2.24, 2.45) is 0 Å². The first kappa shape index (κ1) is 22.9. The molecule has 1 aromatic carbocycles. The molecule has 0 aliphatic heterocycles. The first-order chi connectivity index (χ1) is 15.8. The lowest BCUT2D eigenvalue weighted by Crippen LogP contribution is -2.26. The van der Waals surface area contributed by atoms with Crippen molar-refractivity contribution in [1.29, 1.82) is 0 Å². The normalized spacial score (nSPS) is 15.5. The second-order valence-corrected chi connectivity index (χ2v) is 10.1. The molecule has 3 N–H and O–H groups in total. The van der Waals surface area contributed by atoms with E-state index in [-0.39, 0.29) is 28.6 Å². The summed E-state index contributed by atoms with van der Waals surface area (Å²) in [7, 11) is -2.61. The maximum atomic E-state index is 13.4. The molecule has 33 heavy (non-hydrogen) atoms. The van der Waals surface area contributed by atoms with Crippen molar-refractivity contribution in [2.45, 2.75) is 48.8 Å². The fourth-order valence-electron chi connectivity index (χ4n) is 4.47. The van der Waals surface area contributed by atoms with E-state index < -0.39 is 27.5 Å². The van der Waals surface area contributed by atoms with Gasteiger partial charge in [-0.3, -0.25) is 14.7 Å². The van der Waals surface area contributed by atoms with Gasteiger partial charge in [0.25, 0.3) is 5.56 Å². The summed E-state index contributed by atoms with van der Waals surface area (Å²) in [6, 6.07) is 10.5. The number of hydrogen-bond acceptors (Lipinski definition) is 5. The van der Waals surface area contributed by atoms with Gasteiger partial charge in [0.05, 0.1) is 6.42 Å². The lowest BCUT2D eigenvalue weighted by Gasteiger charge is -2.15. The van der Waals surface area contributed by atoms with Gasteiger partial charge in [-0.25, -0.2) is 22.8 Å². The van der Waals surface area contributed by atoms with E-state index in [1.807, 2.05) is 0 Å². The van der Waals surface area contributed by atoms with Crippen molar-refractivity contribution in [3.63, 3.8) is 0 Å². The average Bonchev–Trinajstić information content (AvgIpc) is 3.48. The minimum absolute atomic E-state index is 0.0514. The summed E-state index contributed by atoms with van der Waals surface area (Å²) in [5.74, 6) is -1.56. The van der Waals surface area contributed by atoms with Gasteiger partial charge in [0.1, 0.15) is 4.90 Å². The van der Waals surface area contributed by atoms with Crippen LogP contribution < -0.4 is 10.3 Å². The second kappa shape index (κ2) is 9.32. The van der Waals surface area contributed by atoms with Crippen LogP contribution in [0.25, 0.3) is 5.82 Å². The Kier molecular flexibility index (Phi) is 6.48. The van der Waals surface area contributed by atoms with Gasteiger partial charge in [0.15, 0.2) is 5.82 Å². The van der Waals surface area contributed by atoms with Crippen LogP contribution in [0.2, 0.25) is 0 Å². The third-order valence-electron chi connectivity index (χ3n) is 6.21. The SMILES string of the molecule is CNS(=O)(=O)c1cc(C2CCCC2)cnc1-n1[nH]cc(C(CC(=O)O)c2ccccc2)c1=O. The van der Waals surface area contributed by atoms with Crippen molar-refractivity contribution in [3.05, 3.63) is 75.8 Å². The summed E-state index contributed by atoms with van der Waals surface area (Å²) >= 11 is 0. The zero-order valence-corrected chi connectivity index (χ0v) is 19.0. The average molecular weight is 471 g/mol. The van der Waals surface area contributed by atoms with Crippen LogP contribution in [0.5, 0.6) is 0 Å². The molecule has 1 saturated carbocycles. The lowest BCUT2D eigenvalue weighted by molar-refractivity contribution is -0.137. The molecule has 10 heteroatoms. The fraction of sp³-hybridized carbons (Fsp3) is 0.348. The maximum Gasteiger partial charge on any atom is 0.304 e. The number of rotatable bonds is 8. The number of aromatic amines is 1. The van der Waals surface area contributed by atoms with Gasteiger partial charge in [-0.2, -0.15) is 0 Å². The minimum Gasteiger partial charge on any atom is -0.481 e. The molecule has 2 aromatic heterocycles. The van der Waals surface area contributed by atoms with E-state index in [2.05, 4.69) is 14.8 Å². The predicted octanol–water partition coefficient (Wildman–Crippen LogP) is 2.73. The second-order valence-electron chi connectivity index (χ2n) is 8.21. The van der Waals surface area contributed by atoms with Crippen LogP contribution >= 0.6 is 0 Å². The molecule has 0 radical (unpaired) electrons. The molecule has 1 fully saturated rings. The number of hydrogen-bond donors (Lipinski definition) is 3. The Morgan fingerprint density at radius 3 is 2.61 bits per heavy atom. The number of benzene rings is 1. The highest BCUT2D eigenvalue weighted by Gasteiger charge is 2.28. The highest BCUT2D eigenvalue weighted by Crippen LogP contribution is 2.35. The number of nitrogens with one attached hydrogen (secondary N) is 2. The third kappa shape index (κ3) is 4.62. The van der Waals surface area contributed by atoms with Crippen molar-refractivity contribution < 1.29 is 18.3 Å². The smallest absolute Gasteiger partial charge is 0.304 e. The Morgan fingerprint density at radius 2 is 1.97 bits per heavy atom. The molecule has 1 atom stereocenters. The topological polar surface area (TPSA) is 134 Å². The molecule has 3 aromatic rings. The van der Waals surface area contributed by atoms with Gasteiger partial charge in [0.2, 0.25) is 10.0 Å². The largest absolute Gasteiger partial charge is 0.481 e. The summed E-state index contributed by atoms with van der Waals surface area (Å²) in [5, 5.41) is 12.2. The van der Waals surface area contributed by atoms with E-state index in [4.69, 9.17) is 0 Å². The van der Waals surface area contributed by atoms with Gasteiger partial charge in [-0.1, -0.05) is 43.2 Å². The number of carboxylic acids is 1. The molecule has 174 valence electrons. The third-order valence-corrected chi connectivity index (χ3v) is 7.62. The van der Waals surface area contributed by atoms with Gasteiger partial charge in [-0.05, 0) is 43.0 Å². The Labute approximate surface area is 191 Å². The van der Waals surface area contributed by atoms with Crippen LogP contribution in [0.3, 0.4) is 0 Å². The first-order valence-electron chi connectivity index (χ1n) is 10.8. The number of aromatic nitrogens is 3. The molecular formula is C23H26N4O5S. The first-order valence-corrected chi connectivity index (χ1v) is 12.3. The summed E-state index contributed by atoms with van der Waals surface area (Å²) in [6.07, 6.45) is 6.88. The van der Waals surface area contributed by atoms with E-state index in [0.29, 0.717) is 5.56 Å². The zero-order valence-electron chi connectivity index (χ0n) is 18.2. The molecule has 1 aliphatic carbocycles. The fourth-order valence-corrected chi connectivity index (χ4v) is 5.36. The summed E-state index contributed by atoms with van der Waals surface area (Å²) in [4.78, 5) is 29.1. The summed E-state index contributed by atoms with van der Waals surface area (Å²) in [6.45, 7) is 0. The van der Waals surface area contributed by atoms with Crippen molar-refractivity contribution in [3.8, 4) is 5.82 Å². The number of H-pyrrole nitrogens is 1. The molecular weight excluding hydrogens is 444 g/mol. The highest BCUT2D eigenvalue weighted by atomic mass is 32.2. The van der Waals surface area contributed by atoms with Crippen molar-refractivity contribution in [2.75, 3.05) is 7.05 Å². The zero-order chi connectivity index (χ0) is 23.6. The Morgan fingerprint density at radius 1 is 1.27 bits per heavy atom. The maximum absolute atomic E-state index is 13.4. The molecule has 1 unspecified atom stereocenters. The van der Waals surface area contributed by atoms with Gasteiger partial charge in [0, 0.05) is 23.9 Å². The summed E-state index contributed by atoms with van der Waals surface area (Å²) in [5.41, 5.74) is 1.19. The molecule has 1 aliphatic rings. The number of nitrogens with zero attached hydrogens (tertiary/aromatic N) is 2. The van der Waals surface area contributed by atoms with Crippen LogP contribution in [-0.4, -0.2) is 41.3 Å². The lowest BCUT2D eigenvalue weighted by atomic mass is 9.90. The monoisotopic (exact) mass is 470 g/mol. The molecule has 0 spiro atoms. The van der Waals surface area contributed by atoms with Crippen LogP contribution in [0.4, 0.5) is 0 Å². The molecule has 0 bridgehead atoms. The van der Waals surface area contributed by atoms with E-state index in [1.165, 1.54) is 13.2 Å². The molecule has 0 amide bonds. The van der Waals surface area contributed by atoms with Crippen LogP contribution in [0.15, 0.2) is 58.5 Å². The van der Waals surface area contributed by atoms with Crippen LogP contribution in [0.1, 0.15) is 60.6 Å². The number of carbonyl (C=O) groups is 1. The van der Waals surface area contributed by atoms with Crippen LogP contribution in [-0.2, 0) is 14.8 Å². The Balaban J connectivity index is 1.83. The van der Waals surface area contributed by atoms with E-state index in [0.717, 1.165) is 35.9 Å². The standard InChI is InChI=1S/C23H26N4O5S/c1-24-33(31,32)20-11-17(15-7-5-6-8-15)13-25-22(20)27-23(30)19(14-26-27)18(12-21(28)29)16-9-3-2-4-10-16/h2-4,9-11,13-15,18,24,26H,5-8,12H2,1H3,(H,28,29). The van der Waals surface area contributed by atoms with E-state index in [1.54, 1.807) is 42.6 Å². The molecule has 0 saturated heterocycles. The van der Waals surface area contributed by atoms with E-state index in [9.17, 15) is 23.1 Å². The van der Waals surface area contributed by atoms with Gasteiger partial charge >= 0.3 is 5.97 Å². The quantitative estimate of drug-likeness (QED) is 0.463. The number of carboxylic acid groups (broad SMARTS) is 1.